The van der Waals surface area contributed by atoms with Gasteiger partial charge in [-0.05, 0) is 81.8 Å². The summed E-state index contributed by atoms with van der Waals surface area (Å²) >= 11 is 3.42. The highest BCUT2D eigenvalue weighted by Crippen LogP contribution is 2.32. The van der Waals surface area contributed by atoms with Crippen LogP contribution in [0.2, 0.25) is 0 Å². The molecule has 0 aliphatic heterocycles. The van der Waals surface area contributed by atoms with Gasteiger partial charge < -0.3 is 19.3 Å². The number of hydrogen-bond donors (Lipinski definition) is 1. The van der Waals surface area contributed by atoms with Gasteiger partial charge >= 0.3 is 18.7 Å². The molecule has 0 heterocycles. The number of carboxylic acid groups (broad SMARTS) is 1. The van der Waals surface area contributed by atoms with Crippen LogP contribution in [0.15, 0.2) is 77.7 Å². The summed E-state index contributed by atoms with van der Waals surface area (Å²) in [6.45, 7) is -0.478. The fourth-order valence-electron chi connectivity index (χ4n) is 3.12. The zero-order valence-electron chi connectivity index (χ0n) is 19.0. The molecule has 0 aromatic heterocycles. The number of carboxylic acids is 1. The maximum Gasteiger partial charge on any atom is 0.573 e. The Morgan fingerprint density at radius 2 is 1.34 bits per heavy atom. The lowest BCUT2D eigenvalue weighted by Gasteiger charge is -2.13. The first-order chi connectivity index (χ1) is 17.8. The van der Waals surface area contributed by atoms with Gasteiger partial charge in [0.15, 0.2) is 6.61 Å². The molecule has 3 rings (SSSR count). The second-order valence-electron chi connectivity index (χ2n) is 7.35. The van der Waals surface area contributed by atoms with E-state index in [1.807, 2.05) is 22.6 Å². The van der Waals surface area contributed by atoms with E-state index >= 15 is 0 Å². The second-order valence-corrected chi connectivity index (χ2v) is 9.60. The number of hydrogen-bond acceptors (Lipinski definition) is 5. The molecule has 0 aliphatic carbocycles. The molecule has 38 heavy (non-hydrogen) atoms. The van der Waals surface area contributed by atoms with Crippen LogP contribution in [-0.2, 0) is 4.79 Å². The van der Waals surface area contributed by atoms with E-state index in [1.54, 1.807) is 24.3 Å². The molecule has 0 spiro atoms. The molecule has 0 fully saturated rings. The van der Waals surface area contributed by atoms with Gasteiger partial charge in [-0.1, -0.05) is 30.3 Å². The van der Waals surface area contributed by atoms with Crippen molar-refractivity contribution >= 4 is 45.9 Å². The van der Waals surface area contributed by atoms with Crippen LogP contribution in [0.3, 0.4) is 0 Å². The van der Waals surface area contributed by atoms with Gasteiger partial charge in [-0.2, -0.15) is 0 Å². The average Bonchev–Trinajstić information content (AvgIpc) is 2.81. The molecule has 0 saturated heterocycles. The highest BCUT2D eigenvalue weighted by molar-refractivity contribution is 14.1. The zero-order chi connectivity index (χ0) is 27.9. The van der Waals surface area contributed by atoms with Crippen LogP contribution < -0.4 is 14.2 Å². The van der Waals surface area contributed by atoms with Crippen molar-refractivity contribution in [3.8, 4) is 17.2 Å². The molecular weight excluding hydrogens is 653 g/mol. The molecule has 0 unspecified atom stereocenters. The van der Waals surface area contributed by atoms with E-state index < -0.39 is 36.8 Å². The van der Waals surface area contributed by atoms with Gasteiger partial charge in [0.1, 0.15) is 17.2 Å². The fraction of sp³-hybridized carbons (Fsp3) is 0.160. The Morgan fingerprint density at radius 1 is 0.842 bits per heavy atom. The van der Waals surface area contributed by atoms with Crippen molar-refractivity contribution in [1.29, 1.82) is 0 Å². The lowest BCUT2D eigenvalue weighted by molar-refractivity contribution is -0.275. The summed E-state index contributed by atoms with van der Waals surface area (Å²) in [5.41, 5.74) is 1.58. The summed E-state index contributed by atoms with van der Waals surface area (Å²) in [6.07, 6.45) is -7.92. The van der Waals surface area contributed by atoms with Crippen LogP contribution in [0.25, 0.3) is 5.57 Å². The minimum atomic E-state index is -4.85. The van der Waals surface area contributed by atoms with Gasteiger partial charge in [0.2, 0.25) is 0 Å². The third-order valence-electron chi connectivity index (χ3n) is 4.59. The van der Waals surface area contributed by atoms with Crippen molar-refractivity contribution in [1.82, 2.24) is 0 Å². The average molecular weight is 670 g/mol. The molecule has 13 heteroatoms. The first kappa shape index (κ1) is 29.5. The molecule has 0 amide bonds. The van der Waals surface area contributed by atoms with Crippen molar-refractivity contribution in [2.45, 2.75) is 17.6 Å². The Kier molecular flexibility index (Phi) is 9.82. The van der Waals surface area contributed by atoms with Crippen LogP contribution in [-0.4, -0.2) is 36.2 Å². The Morgan fingerprint density at radius 3 is 1.76 bits per heavy atom. The van der Waals surface area contributed by atoms with Crippen LogP contribution in [0.4, 0.5) is 26.3 Å². The monoisotopic (exact) mass is 670 g/mol. The van der Waals surface area contributed by atoms with Crippen molar-refractivity contribution < 1.29 is 50.5 Å². The van der Waals surface area contributed by atoms with E-state index in [9.17, 15) is 31.1 Å². The third-order valence-corrected chi connectivity index (χ3v) is 6.35. The predicted molar refractivity (Wildman–Crippen MR) is 136 cm³/mol. The van der Waals surface area contributed by atoms with E-state index in [-0.39, 0.29) is 0 Å². The maximum absolute atomic E-state index is 12.5. The molecule has 202 valence electrons. The van der Waals surface area contributed by atoms with Crippen LogP contribution in [0, 0.1) is 3.57 Å². The van der Waals surface area contributed by atoms with Crippen LogP contribution in [0.1, 0.15) is 11.1 Å². The van der Waals surface area contributed by atoms with Gasteiger partial charge in [-0.15, -0.1) is 38.1 Å². The predicted octanol–water partition coefficient (Wildman–Crippen LogP) is 7.78. The van der Waals surface area contributed by atoms with Crippen molar-refractivity contribution in [2.24, 2.45) is 0 Å². The molecule has 0 radical (unpaired) electrons. The summed E-state index contributed by atoms with van der Waals surface area (Å²) < 4.78 is 88.8. The third kappa shape index (κ3) is 9.67. The Balaban J connectivity index is 1.83. The largest absolute Gasteiger partial charge is 0.573 e. The maximum atomic E-state index is 12.5. The van der Waals surface area contributed by atoms with Crippen molar-refractivity contribution in [2.75, 3.05) is 12.4 Å². The number of halogens is 7. The first-order valence-corrected chi connectivity index (χ1v) is 12.5. The van der Waals surface area contributed by atoms with E-state index in [0.717, 1.165) is 29.2 Å². The van der Waals surface area contributed by atoms with E-state index in [4.69, 9.17) is 9.84 Å². The van der Waals surface area contributed by atoms with Gasteiger partial charge in [0.05, 0.1) is 3.57 Å². The highest BCUT2D eigenvalue weighted by Gasteiger charge is 2.31. The van der Waals surface area contributed by atoms with Gasteiger partial charge in [-0.3, -0.25) is 0 Å². The number of carbonyl (C=O) groups is 1. The number of alkyl halides is 6. The first-order valence-electron chi connectivity index (χ1n) is 10.5. The number of ether oxygens (including phenoxy) is 3. The normalized spacial score (nSPS) is 11.6. The molecule has 1 N–H and O–H groups in total. The smallest absolute Gasteiger partial charge is 0.481 e. The Hall–Kier alpha value is -3.07. The topological polar surface area (TPSA) is 65.0 Å². The molecular formula is C25H17F6IO5S. The fourth-order valence-corrected chi connectivity index (χ4v) is 4.81. The van der Waals surface area contributed by atoms with E-state index in [0.29, 0.717) is 31.8 Å². The SMILES string of the molecule is O=C(O)COc1ccc(SCC=C(c2ccc(OC(F)(F)F)cc2)c2ccc(OC(F)(F)F)cc2)cc1I. The van der Waals surface area contributed by atoms with Gasteiger partial charge in [-0.25, -0.2) is 4.79 Å². The van der Waals surface area contributed by atoms with Crippen LogP contribution in [0.5, 0.6) is 17.2 Å². The number of rotatable bonds is 10. The Labute approximate surface area is 230 Å². The lowest BCUT2D eigenvalue weighted by atomic mass is 9.97. The Bertz CT molecular complexity index is 1210. The molecule has 3 aromatic carbocycles. The molecule has 0 saturated carbocycles. The molecule has 5 nitrogen and oxygen atoms in total. The minimum absolute atomic E-state index is 0.391. The van der Waals surface area contributed by atoms with Crippen molar-refractivity contribution in [3.63, 3.8) is 0 Å². The molecule has 3 aromatic rings. The number of benzene rings is 3. The number of thioether (sulfide) groups is 1. The minimum Gasteiger partial charge on any atom is -0.481 e. The summed E-state index contributed by atoms with van der Waals surface area (Å²) in [5.74, 6) is -1.13. The lowest BCUT2D eigenvalue weighted by Crippen LogP contribution is -2.17. The van der Waals surface area contributed by atoms with E-state index in [2.05, 4.69) is 9.47 Å². The summed E-state index contributed by atoms with van der Waals surface area (Å²) in [6, 6.07) is 15.4. The van der Waals surface area contributed by atoms with E-state index in [1.165, 1.54) is 36.0 Å². The summed E-state index contributed by atoms with van der Waals surface area (Å²) in [4.78, 5) is 11.5. The van der Waals surface area contributed by atoms with Gasteiger partial charge in [0.25, 0.3) is 0 Å². The van der Waals surface area contributed by atoms with Crippen LogP contribution >= 0.6 is 34.4 Å². The summed E-state index contributed by atoms with van der Waals surface area (Å²) in [5, 5.41) is 8.75. The number of aliphatic carboxylic acids is 1. The molecule has 0 bridgehead atoms. The molecule has 0 aliphatic rings. The summed E-state index contributed by atoms with van der Waals surface area (Å²) in [7, 11) is 0. The highest BCUT2D eigenvalue weighted by atomic mass is 127. The standard InChI is InChI=1S/C25H17F6IO5S/c26-24(27,28)36-17-5-1-15(2-6-17)20(16-3-7-18(8-4-16)37-25(29,30)31)11-12-38-19-9-10-22(21(32)13-19)35-14-23(33)34/h1-11,13H,12,14H2,(H,33,34). The zero-order valence-corrected chi connectivity index (χ0v) is 22.0. The second kappa shape index (κ2) is 12.7. The van der Waals surface area contributed by atoms with Gasteiger partial charge in [0, 0.05) is 10.6 Å². The molecule has 0 atom stereocenters. The van der Waals surface area contributed by atoms with Crippen molar-refractivity contribution in [3.05, 3.63) is 87.5 Å². The quantitative estimate of drug-likeness (QED) is 0.135.